The summed E-state index contributed by atoms with van der Waals surface area (Å²) < 4.78 is 93.2. The largest absolute Gasteiger partial charge is 0.527 e. The number of aryl methyl sites for hydroxylation is 1. The Morgan fingerprint density at radius 3 is 1.88 bits per heavy atom. The lowest BCUT2D eigenvalue weighted by atomic mass is 10.00. The standard InChI is InChI=1S/C17H11F7O2/c18-13-8-12(11-5-3-10(4-6-11)2-1-7-25)9-14(19)15(13)16(20,21)26-17(22,23)24/h3-9H,1-2H2. The Morgan fingerprint density at radius 1 is 0.885 bits per heavy atom. The van der Waals surface area contributed by atoms with Gasteiger partial charge in [-0.25, -0.2) is 13.5 Å². The van der Waals surface area contributed by atoms with E-state index < -0.39 is 29.7 Å². The molecule has 2 rings (SSSR count). The van der Waals surface area contributed by atoms with E-state index in [0.29, 0.717) is 18.6 Å². The van der Waals surface area contributed by atoms with Crippen molar-refractivity contribution in [2.75, 3.05) is 0 Å². The van der Waals surface area contributed by atoms with E-state index in [1.807, 2.05) is 0 Å². The molecule has 0 saturated carbocycles. The van der Waals surface area contributed by atoms with Crippen molar-refractivity contribution in [2.24, 2.45) is 0 Å². The molecule has 0 amide bonds. The molecular weight excluding hydrogens is 369 g/mol. The van der Waals surface area contributed by atoms with Crippen LogP contribution in [-0.4, -0.2) is 12.6 Å². The summed E-state index contributed by atoms with van der Waals surface area (Å²) in [6.45, 7) is 0. The van der Waals surface area contributed by atoms with Crippen LogP contribution in [0.15, 0.2) is 36.4 Å². The molecule has 0 aromatic heterocycles. The molecule has 0 radical (unpaired) electrons. The number of rotatable bonds is 6. The molecule has 0 spiro atoms. The molecule has 0 atom stereocenters. The van der Waals surface area contributed by atoms with Crippen LogP contribution in [0.1, 0.15) is 17.5 Å². The minimum atomic E-state index is -5.78. The highest BCUT2D eigenvalue weighted by atomic mass is 19.4. The molecule has 0 N–H and O–H groups in total. The third-order valence-electron chi connectivity index (χ3n) is 3.42. The zero-order valence-electron chi connectivity index (χ0n) is 12.9. The van der Waals surface area contributed by atoms with Gasteiger partial charge in [-0.2, -0.15) is 8.78 Å². The molecule has 2 nitrogen and oxygen atoms in total. The van der Waals surface area contributed by atoms with Gasteiger partial charge in [0.15, 0.2) is 0 Å². The summed E-state index contributed by atoms with van der Waals surface area (Å²) in [6.07, 6.45) is -9.54. The molecule has 0 aliphatic rings. The highest BCUT2D eigenvalue weighted by Gasteiger charge is 2.49. The summed E-state index contributed by atoms with van der Waals surface area (Å²) >= 11 is 0. The van der Waals surface area contributed by atoms with Crippen molar-refractivity contribution < 1.29 is 40.3 Å². The van der Waals surface area contributed by atoms with Gasteiger partial charge >= 0.3 is 12.5 Å². The average Bonchev–Trinajstić information content (AvgIpc) is 2.50. The van der Waals surface area contributed by atoms with Gasteiger partial charge in [-0.05, 0) is 35.2 Å². The monoisotopic (exact) mass is 380 g/mol. The third kappa shape index (κ3) is 4.81. The number of carbonyl (C=O) groups excluding carboxylic acids is 1. The van der Waals surface area contributed by atoms with E-state index in [1.54, 1.807) is 12.1 Å². The first-order chi connectivity index (χ1) is 12.0. The van der Waals surface area contributed by atoms with Crippen LogP contribution >= 0.6 is 0 Å². The molecule has 0 bridgehead atoms. The highest BCUT2D eigenvalue weighted by Crippen LogP contribution is 2.40. The van der Waals surface area contributed by atoms with Crippen molar-refractivity contribution in [3.05, 3.63) is 59.2 Å². The number of hydrogen-bond acceptors (Lipinski definition) is 2. The fourth-order valence-corrected chi connectivity index (χ4v) is 2.30. The van der Waals surface area contributed by atoms with Crippen molar-refractivity contribution in [1.82, 2.24) is 0 Å². The molecule has 0 aliphatic carbocycles. The van der Waals surface area contributed by atoms with Gasteiger partial charge in [0.2, 0.25) is 0 Å². The maximum absolute atomic E-state index is 13.9. The molecule has 26 heavy (non-hydrogen) atoms. The summed E-state index contributed by atoms with van der Waals surface area (Å²) in [5.41, 5.74) is -1.25. The Hall–Kier alpha value is -2.42. The van der Waals surface area contributed by atoms with E-state index in [-0.39, 0.29) is 17.5 Å². The molecular formula is C17H11F7O2. The number of ether oxygens (including phenoxy) is 1. The summed E-state index contributed by atoms with van der Waals surface area (Å²) in [4.78, 5) is 10.3. The van der Waals surface area contributed by atoms with Gasteiger partial charge in [0.1, 0.15) is 23.5 Å². The first-order valence-corrected chi connectivity index (χ1v) is 7.20. The predicted molar refractivity (Wildman–Crippen MR) is 77.2 cm³/mol. The van der Waals surface area contributed by atoms with Crippen LogP contribution in [0, 0.1) is 11.6 Å². The third-order valence-corrected chi connectivity index (χ3v) is 3.42. The van der Waals surface area contributed by atoms with Crippen LogP contribution in [0.2, 0.25) is 0 Å². The van der Waals surface area contributed by atoms with Crippen LogP contribution in [-0.2, 0) is 22.1 Å². The fourth-order valence-electron chi connectivity index (χ4n) is 2.30. The lowest BCUT2D eigenvalue weighted by Gasteiger charge is -2.20. The van der Waals surface area contributed by atoms with Gasteiger partial charge in [0, 0.05) is 6.42 Å². The average molecular weight is 380 g/mol. The van der Waals surface area contributed by atoms with Crippen molar-refractivity contribution in [3.8, 4) is 11.1 Å². The second-order valence-corrected chi connectivity index (χ2v) is 5.28. The molecule has 2 aromatic carbocycles. The van der Waals surface area contributed by atoms with Crippen molar-refractivity contribution in [2.45, 2.75) is 25.3 Å². The summed E-state index contributed by atoms with van der Waals surface area (Å²) in [5.74, 6) is -3.75. The minimum Gasteiger partial charge on any atom is -0.303 e. The molecule has 2 aromatic rings. The van der Waals surface area contributed by atoms with Crippen LogP contribution in [0.3, 0.4) is 0 Å². The van der Waals surface area contributed by atoms with Gasteiger partial charge in [-0.1, -0.05) is 24.3 Å². The second kappa shape index (κ2) is 7.45. The number of carbonyl (C=O) groups is 1. The second-order valence-electron chi connectivity index (χ2n) is 5.28. The van der Waals surface area contributed by atoms with Gasteiger partial charge in [-0.15, -0.1) is 13.2 Å². The molecule has 0 heterocycles. The maximum atomic E-state index is 13.9. The Balaban J connectivity index is 2.36. The summed E-state index contributed by atoms with van der Waals surface area (Å²) in [6, 6.07) is 7.02. The van der Waals surface area contributed by atoms with E-state index in [2.05, 4.69) is 4.74 Å². The molecule has 0 fully saturated rings. The topological polar surface area (TPSA) is 26.3 Å². The molecule has 0 saturated heterocycles. The van der Waals surface area contributed by atoms with E-state index >= 15 is 0 Å². The SMILES string of the molecule is O=CCCc1ccc(-c2cc(F)c(C(F)(F)OC(F)(F)F)c(F)c2)cc1. The Bertz CT molecular complexity index is 760. The Kier molecular flexibility index (Phi) is 5.70. The van der Waals surface area contributed by atoms with Crippen LogP contribution in [0.5, 0.6) is 0 Å². The zero-order valence-corrected chi connectivity index (χ0v) is 12.9. The lowest BCUT2D eigenvalue weighted by Crippen LogP contribution is -2.29. The summed E-state index contributed by atoms with van der Waals surface area (Å²) in [7, 11) is 0. The van der Waals surface area contributed by atoms with Crippen molar-refractivity contribution in [3.63, 3.8) is 0 Å². The van der Waals surface area contributed by atoms with Gasteiger partial charge < -0.3 is 4.79 Å². The number of hydrogen-bond donors (Lipinski definition) is 0. The smallest absolute Gasteiger partial charge is 0.303 e. The molecule has 9 heteroatoms. The maximum Gasteiger partial charge on any atom is 0.527 e. The van der Waals surface area contributed by atoms with Crippen LogP contribution in [0.4, 0.5) is 30.7 Å². The molecule has 140 valence electrons. The van der Waals surface area contributed by atoms with Gasteiger partial charge in [0.05, 0.1) is 0 Å². The molecule has 0 unspecified atom stereocenters. The van der Waals surface area contributed by atoms with Gasteiger partial charge in [-0.3, -0.25) is 0 Å². The predicted octanol–water partition coefficient (Wildman–Crippen LogP) is 5.35. The van der Waals surface area contributed by atoms with Crippen molar-refractivity contribution >= 4 is 6.29 Å². The van der Waals surface area contributed by atoms with Crippen LogP contribution < -0.4 is 0 Å². The minimum absolute atomic E-state index is 0.145. The molecule has 0 aliphatic heterocycles. The first kappa shape index (κ1) is 19.9. The lowest BCUT2D eigenvalue weighted by molar-refractivity contribution is -0.432. The fraction of sp³-hybridized carbons (Fsp3) is 0.235. The van der Waals surface area contributed by atoms with E-state index in [1.165, 1.54) is 12.1 Å². The van der Waals surface area contributed by atoms with Crippen LogP contribution in [0.25, 0.3) is 11.1 Å². The quantitative estimate of drug-likeness (QED) is 0.499. The Morgan fingerprint density at radius 2 is 1.42 bits per heavy atom. The number of halogens is 7. The number of aldehydes is 1. The van der Waals surface area contributed by atoms with Gasteiger partial charge in [0.25, 0.3) is 0 Å². The number of alkyl halides is 5. The number of benzene rings is 2. The summed E-state index contributed by atoms with van der Waals surface area (Å²) in [5, 5.41) is 0. The van der Waals surface area contributed by atoms with E-state index in [0.717, 1.165) is 11.8 Å². The normalized spacial score (nSPS) is 12.3. The Labute approximate surface area is 143 Å². The van der Waals surface area contributed by atoms with E-state index in [4.69, 9.17) is 0 Å². The van der Waals surface area contributed by atoms with Crippen molar-refractivity contribution in [1.29, 1.82) is 0 Å². The first-order valence-electron chi connectivity index (χ1n) is 7.20. The van der Waals surface area contributed by atoms with E-state index in [9.17, 15) is 35.5 Å². The zero-order chi connectivity index (χ0) is 19.5. The highest BCUT2D eigenvalue weighted by molar-refractivity contribution is 5.64.